The fraction of sp³-hybridized carbons (Fsp3) is 0.526. The average molecular weight is 338 g/mol. The van der Waals surface area contributed by atoms with Gasteiger partial charge in [-0.15, -0.1) is 5.10 Å². The molecular formula is C19H26N6. The van der Waals surface area contributed by atoms with Crippen LogP contribution in [0, 0.1) is 0 Å². The normalized spacial score (nSPS) is 19.3. The van der Waals surface area contributed by atoms with Crippen molar-refractivity contribution in [1.82, 2.24) is 20.1 Å². The molecule has 1 aliphatic heterocycles. The van der Waals surface area contributed by atoms with E-state index in [0.717, 1.165) is 38.5 Å². The molecule has 0 unspecified atom stereocenters. The highest BCUT2D eigenvalue weighted by Crippen LogP contribution is 2.21. The molecule has 0 radical (unpaired) electrons. The number of hydrogen-bond donors (Lipinski definition) is 1. The summed E-state index contributed by atoms with van der Waals surface area (Å²) in [6.45, 7) is 5.07. The zero-order chi connectivity index (χ0) is 16.9. The van der Waals surface area contributed by atoms with Gasteiger partial charge < -0.3 is 10.2 Å². The second-order valence-corrected chi connectivity index (χ2v) is 7.01. The molecule has 6 heteroatoms. The van der Waals surface area contributed by atoms with Gasteiger partial charge in [-0.25, -0.2) is 0 Å². The Labute approximate surface area is 149 Å². The number of piperazine rings is 1. The van der Waals surface area contributed by atoms with Crippen LogP contribution in [-0.2, 0) is 6.54 Å². The predicted molar refractivity (Wildman–Crippen MR) is 99.6 cm³/mol. The first-order chi connectivity index (χ1) is 12.4. The molecule has 1 saturated heterocycles. The molecule has 1 saturated carbocycles. The lowest BCUT2D eigenvalue weighted by atomic mass is 10.2. The zero-order valence-electron chi connectivity index (χ0n) is 14.6. The third-order valence-corrected chi connectivity index (χ3v) is 5.18. The Morgan fingerprint density at radius 3 is 2.52 bits per heavy atom. The summed E-state index contributed by atoms with van der Waals surface area (Å²) in [6, 6.07) is 11.2. The Bertz CT molecular complexity index is 663. The Morgan fingerprint density at radius 1 is 1.00 bits per heavy atom. The minimum absolute atomic E-state index is 0.514. The predicted octanol–water partition coefficient (Wildman–Crippen LogP) is 2.55. The second-order valence-electron chi connectivity index (χ2n) is 7.01. The highest BCUT2D eigenvalue weighted by atomic mass is 15.3. The maximum atomic E-state index is 4.69. The van der Waals surface area contributed by atoms with Crippen molar-refractivity contribution in [2.45, 2.75) is 38.3 Å². The summed E-state index contributed by atoms with van der Waals surface area (Å²) < 4.78 is 0. The summed E-state index contributed by atoms with van der Waals surface area (Å²) >= 11 is 0. The molecule has 0 bridgehead atoms. The van der Waals surface area contributed by atoms with E-state index in [1.807, 2.05) is 0 Å². The van der Waals surface area contributed by atoms with Crippen LogP contribution in [0.25, 0.3) is 0 Å². The van der Waals surface area contributed by atoms with Crippen LogP contribution in [0.3, 0.4) is 0 Å². The Morgan fingerprint density at radius 2 is 1.76 bits per heavy atom. The first kappa shape index (κ1) is 16.3. The number of benzene rings is 1. The van der Waals surface area contributed by atoms with Gasteiger partial charge in [0.15, 0.2) is 5.82 Å². The molecule has 4 rings (SSSR count). The summed E-state index contributed by atoms with van der Waals surface area (Å²) in [4.78, 5) is 9.51. The van der Waals surface area contributed by atoms with E-state index in [1.165, 1.54) is 31.2 Å². The van der Waals surface area contributed by atoms with E-state index >= 15 is 0 Å². The van der Waals surface area contributed by atoms with Crippen molar-refractivity contribution in [3.63, 3.8) is 0 Å². The molecule has 1 aromatic carbocycles. The van der Waals surface area contributed by atoms with Crippen molar-refractivity contribution in [1.29, 1.82) is 0 Å². The van der Waals surface area contributed by atoms with Gasteiger partial charge in [-0.05, 0) is 18.4 Å². The lowest BCUT2D eigenvalue weighted by molar-refractivity contribution is 0.249. The van der Waals surface area contributed by atoms with Crippen LogP contribution in [0.15, 0.2) is 36.5 Å². The van der Waals surface area contributed by atoms with Gasteiger partial charge in [0, 0.05) is 38.8 Å². The van der Waals surface area contributed by atoms with E-state index < -0.39 is 0 Å². The van der Waals surface area contributed by atoms with Crippen molar-refractivity contribution < 1.29 is 0 Å². The van der Waals surface area contributed by atoms with Gasteiger partial charge in [-0.1, -0.05) is 43.2 Å². The van der Waals surface area contributed by atoms with Crippen LogP contribution in [0.1, 0.15) is 31.2 Å². The standard InChI is InChI=1S/C19H26N6/c1-2-6-16(7-3-1)15-24-10-12-25(13-11-24)18-14-20-23-19(22-18)21-17-8-4-5-9-17/h1-3,6-7,14,17H,4-5,8-13,15H2,(H,21,22,23). The monoisotopic (exact) mass is 338 g/mol. The van der Waals surface area contributed by atoms with Gasteiger partial charge in [-0.3, -0.25) is 4.90 Å². The number of aromatic nitrogens is 3. The minimum atomic E-state index is 0.514. The molecule has 2 aromatic rings. The largest absolute Gasteiger partial charge is 0.353 e. The second kappa shape index (κ2) is 7.78. The number of anilines is 2. The molecule has 1 aromatic heterocycles. The summed E-state index contributed by atoms with van der Waals surface area (Å²) in [6.07, 6.45) is 6.81. The van der Waals surface area contributed by atoms with Crippen LogP contribution in [0.2, 0.25) is 0 Å². The van der Waals surface area contributed by atoms with Gasteiger partial charge in [0.2, 0.25) is 5.95 Å². The van der Waals surface area contributed by atoms with E-state index in [2.05, 4.69) is 55.6 Å². The van der Waals surface area contributed by atoms with Crippen LogP contribution in [-0.4, -0.2) is 52.3 Å². The molecule has 2 heterocycles. The van der Waals surface area contributed by atoms with E-state index in [1.54, 1.807) is 6.20 Å². The fourth-order valence-electron chi connectivity index (χ4n) is 3.74. The van der Waals surface area contributed by atoms with Gasteiger partial charge in [0.05, 0.1) is 6.20 Å². The van der Waals surface area contributed by atoms with E-state index in [-0.39, 0.29) is 0 Å². The molecule has 2 fully saturated rings. The van der Waals surface area contributed by atoms with Crippen molar-refractivity contribution in [2.75, 3.05) is 36.4 Å². The zero-order valence-corrected chi connectivity index (χ0v) is 14.6. The van der Waals surface area contributed by atoms with Gasteiger partial charge >= 0.3 is 0 Å². The molecule has 2 aliphatic rings. The highest BCUT2D eigenvalue weighted by Gasteiger charge is 2.20. The summed E-state index contributed by atoms with van der Waals surface area (Å²) in [7, 11) is 0. The van der Waals surface area contributed by atoms with Crippen molar-refractivity contribution >= 4 is 11.8 Å². The van der Waals surface area contributed by atoms with Crippen LogP contribution in [0.5, 0.6) is 0 Å². The SMILES string of the molecule is c1ccc(CN2CCN(c3cnnc(NC4CCCC4)n3)CC2)cc1. The minimum Gasteiger partial charge on any atom is -0.353 e. The molecule has 0 atom stereocenters. The highest BCUT2D eigenvalue weighted by molar-refractivity contribution is 5.41. The van der Waals surface area contributed by atoms with Crippen LogP contribution < -0.4 is 10.2 Å². The van der Waals surface area contributed by atoms with Gasteiger partial charge in [0.25, 0.3) is 0 Å². The maximum absolute atomic E-state index is 4.69. The third-order valence-electron chi connectivity index (χ3n) is 5.18. The molecule has 1 N–H and O–H groups in total. The van der Waals surface area contributed by atoms with Crippen molar-refractivity contribution in [3.05, 3.63) is 42.1 Å². The molecule has 25 heavy (non-hydrogen) atoms. The quantitative estimate of drug-likeness (QED) is 0.904. The molecule has 0 amide bonds. The molecular weight excluding hydrogens is 312 g/mol. The average Bonchev–Trinajstić information content (AvgIpc) is 3.16. The van der Waals surface area contributed by atoms with E-state index in [0.29, 0.717) is 12.0 Å². The number of nitrogens with one attached hydrogen (secondary N) is 1. The van der Waals surface area contributed by atoms with Crippen molar-refractivity contribution in [2.24, 2.45) is 0 Å². The molecule has 1 aliphatic carbocycles. The maximum Gasteiger partial charge on any atom is 0.244 e. The summed E-state index contributed by atoms with van der Waals surface area (Å²) in [5.41, 5.74) is 1.38. The first-order valence-electron chi connectivity index (χ1n) is 9.34. The molecule has 0 spiro atoms. The Hall–Kier alpha value is -2.21. The number of nitrogens with zero attached hydrogens (tertiary/aromatic N) is 5. The Kier molecular flexibility index (Phi) is 5.06. The molecule has 132 valence electrons. The lowest BCUT2D eigenvalue weighted by Crippen LogP contribution is -2.46. The summed E-state index contributed by atoms with van der Waals surface area (Å²) in [5.74, 6) is 1.62. The summed E-state index contributed by atoms with van der Waals surface area (Å²) in [5, 5.41) is 11.8. The smallest absolute Gasteiger partial charge is 0.244 e. The number of rotatable bonds is 5. The van der Waals surface area contributed by atoms with Gasteiger partial charge in [-0.2, -0.15) is 10.1 Å². The molecule has 6 nitrogen and oxygen atoms in total. The Balaban J connectivity index is 1.32. The van der Waals surface area contributed by atoms with Gasteiger partial charge in [0.1, 0.15) is 0 Å². The van der Waals surface area contributed by atoms with Crippen LogP contribution in [0.4, 0.5) is 11.8 Å². The van der Waals surface area contributed by atoms with E-state index in [9.17, 15) is 0 Å². The topological polar surface area (TPSA) is 57.2 Å². The van der Waals surface area contributed by atoms with E-state index in [4.69, 9.17) is 4.98 Å². The fourth-order valence-corrected chi connectivity index (χ4v) is 3.74. The third kappa shape index (κ3) is 4.25. The first-order valence-corrected chi connectivity index (χ1v) is 9.34. The van der Waals surface area contributed by atoms with Crippen LogP contribution >= 0.6 is 0 Å². The van der Waals surface area contributed by atoms with Crippen molar-refractivity contribution in [3.8, 4) is 0 Å². The lowest BCUT2D eigenvalue weighted by Gasteiger charge is -2.35. The number of hydrogen-bond acceptors (Lipinski definition) is 6.